The van der Waals surface area contributed by atoms with Crippen LogP contribution in [0.5, 0.6) is 0 Å². The average molecular weight is 647 g/mol. The van der Waals surface area contributed by atoms with E-state index in [2.05, 4.69) is 147 Å². The lowest BCUT2D eigenvalue weighted by atomic mass is 9.69. The Morgan fingerprint density at radius 3 is 1.86 bits per heavy atom. The summed E-state index contributed by atoms with van der Waals surface area (Å²) in [4.78, 5) is 10.4. The second-order valence-electron chi connectivity index (χ2n) is 14.6. The minimum Gasteiger partial charge on any atom is -0.254 e. The SMILES string of the molecule is Cc1ccc2c(c1)C1(c3cc(C)ccc3-2)c2ccccc2-c2c1cc1c(c2-c2ccc3ccc4cccnc4c3n2)-c2cccc3cccc-1c23. The van der Waals surface area contributed by atoms with Gasteiger partial charge in [0.1, 0.15) is 0 Å². The Morgan fingerprint density at radius 2 is 1.08 bits per heavy atom. The zero-order valence-electron chi connectivity index (χ0n) is 28.3. The second-order valence-corrected chi connectivity index (χ2v) is 14.6. The molecule has 7 aromatic carbocycles. The molecule has 0 amide bonds. The smallest absolute Gasteiger partial charge is 0.0972 e. The predicted octanol–water partition coefficient (Wildman–Crippen LogP) is 12.2. The zero-order valence-corrected chi connectivity index (χ0v) is 28.3. The average Bonchev–Trinajstić information content (AvgIpc) is 3.76. The Morgan fingerprint density at radius 1 is 0.412 bits per heavy atom. The molecule has 236 valence electrons. The van der Waals surface area contributed by atoms with E-state index in [0.717, 1.165) is 27.5 Å². The van der Waals surface area contributed by atoms with E-state index in [1.807, 2.05) is 12.3 Å². The van der Waals surface area contributed by atoms with Crippen molar-refractivity contribution < 1.29 is 0 Å². The molecule has 0 N–H and O–H groups in total. The van der Waals surface area contributed by atoms with Gasteiger partial charge in [0.05, 0.1) is 22.1 Å². The molecule has 0 unspecified atom stereocenters. The molecule has 2 aromatic heterocycles. The van der Waals surface area contributed by atoms with Crippen LogP contribution in [-0.4, -0.2) is 9.97 Å². The van der Waals surface area contributed by atoms with E-state index in [4.69, 9.17) is 9.97 Å². The first-order valence-corrected chi connectivity index (χ1v) is 17.8. The third-order valence-corrected chi connectivity index (χ3v) is 11.9. The highest BCUT2D eigenvalue weighted by atomic mass is 14.8. The van der Waals surface area contributed by atoms with Crippen molar-refractivity contribution in [1.82, 2.24) is 9.97 Å². The number of aromatic nitrogens is 2. The van der Waals surface area contributed by atoms with Crippen LogP contribution in [0, 0.1) is 13.8 Å². The normalized spacial score (nSPS) is 13.8. The lowest BCUT2D eigenvalue weighted by Crippen LogP contribution is -2.26. The fourth-order valence-electron chi connectivity index (χ4n) is 9.95. The Bertz CT molecular complexity index is 3000. The molecule has 3 aliphatic rings. The first-order chi connectivity index (χ1) is 25.1. The molecule has 0 fully saturated rings. The largest absolute Gasteiger partial charge is 0.254 e. The molecule has 0 radical (unpaired) electrons. The van der Waals surface area contributed by atoms with E-state index < -0.39 is 5.41 Å². The molecule has 0 saturated heterocycles. The van der Waals surface area contributed by atoms with Gasteiger partial charge in [-0.05, 0) is 104 Å². The van der Waals surface area contributed by atoms with Gasteiger partial charge in [0, 0.05) is 28.1 Å². The Hall–Kier alpha value is -6.38. The van der Waals surface area contributed by atoms with E-state index in [0.29, 0.717) is 0 Å². The van der Waals surface area contributed by atoms with Gasteiger partial charge in [0.25, 0.3) is 0 Å². The molecular weight excluding hydrogens is 617 g/mol. The van der Waals surface area contributed by atoms with Crippen molar-refractivity contribution in [2.24, 2.45) is 0 Å². The molecule has 3 aliphatic carbocycles. The molecule has 12 rings (SSSR count). The zero-order chi connectivity index (χ0) is 33.6. The van der Waals surface area contributed by atoms with Crippen molar-refractivity contribution in [3.05, 3.63) is 179 Å². The highest BCUT2D eigenvalue weighted by molar-refractivity contribution is 6.21. The summed E-state index contributed by atoms with van der Waals surface area (Å²) in [6.45, 7) is 4.46. The number of rotatable bonds is 1. The van der Waals surface area contributed by atoms with E-state index in [1.54, 1.807) is 0 Å². The van der Waals surface area contributed by atoms with E-state index >= 15 is 0 Å². The Balaban J connectivity index is 1.31. The molecule has 0 bridgehead atoms. The van der Waals surface area contributed by atoms with Gasteiger partial charge in [-0.15, -0.1) is 0 Å². The monoisotopic (exact) mass is 646 g/mol. The predicted molar refractivity (Wildman–Crippen MR) is 210 cm³/mol. The minimum atomic E-state index is -0.466. The summed E-state index contributed by atoms with van der Waals surface area (Å²) in [6, 6.07) is 52.4. The van der Waals surface area contributed by atoms with Gasteiger partial charge in [0.2, 0.25) is 0 Å². The summed E-state index contributed by atoms with van der Waals surface area (Å²) < 4.78 is 0. The fraction of sp³-hybridized carbons (Fsp3) is 0.0612. The molecule has 1 spiro atoms. The maximum absolute atomic E-state index is 5.60. The van der Waals surface area contributed by atoms with E-state index in [9.17, 15) is 0 Å². The second kappa shape index (κ2) is 9.44. The molecule has 2 nitrogen and oxygen atoms in total. The number of nitrogens with zero attached hydrogens (tertiary/aromatic N) is 2. The number of fused-ring (bicyclic) bond motifs is 16. The van der Waals surface area contributed by atoms with Crippen LogP contribution in [-0.2, 0) is 5.41 Å². The van der Waals surface area contributed by atoms with Crippen LogP contribution in [0.3, 0.4) is 0 Å². The van der Waals surface area contributed by atoms with E-state index in [1.165, 1.54) is 94.2 Å². The standard InChI is InChI=1S/C49H30N2/c1-27-15-20-32-33-21-16-28(2)25-40(33)49(39(32)24-27)38-14-4-3-11-35(38)45-41(49)26-37-34-12-5-8-29-9-6-13-36(43(29)34)44(37)46(45)42-22-19-31-18-17-30-10-7-23-50-47(30)48(31)51-42/h3-26H,1-2H3. The minimum absolute atomic E-state index is 0.466. The lowest BCUT2D eigenvalue weighted by Gasteiger charge is -2.31. The van der Waals surface area contributed by atoms with Gasteiger partial charge in [-0.1, -0.05) is 132 Å². The van der Waals surface area contributed by atoms with Crippen molar-refractivity contribution in [3.8, 4) is 55.8 Å². The molecule has 0 aliphatic heterocycles. The molecule has 0 saturated carbocycles. The fourth-order valence-corrected chi connectivity index (χ4v) is 9.95. The topological polar surface area (TPSA) is 25.8 Å². The van der Waals surface area contributed by atoms with E-state index in [-0.39, 0.29) is 0 Å². The maximum Gasteiger partial charge on any atom is 0.0972 e. The number of pyridine rings is 2. The number of aryl methyl sites for hydroxylation is 2. The van der Waals surface area contributed by atoms with Crippen molar-refractivity contribution >= 4 is 32.6 Å². The van der Waals surface area contributed by atoms with Crippen molar-refractivity contribution in [2.45, 2.75) is 19.3 Å². The van der Waals surface area contributed by atoms with Gasteiger partial charge in [-0.2, -0.15) is 0 Å². The summed E-state index contributed by atoms with van der Waals surface area (Å²) in [5, 5.41) is 4.80. The maximum atomic E-state index is 5.60. The van der Waals surface area contributed by atoms with Crippen molar-refractivity contribution in [2.75, 3.05) is 0 Å². The van der Waals surface area contributed by atoms with Gasteiger partial charge >= 0.3 is 0 Å². The Labute approximate surface area is 295 Å². The summed E-state index contributed by atoms with van der Waals surface area (Å²) in [6.07, 6.45) is 1.88. The van der Waals surface area contributed by atoms with Gasteiger partial charge in [0.15, 0.2) is 0 Å². The van der Waals surface area contributed by atoms with Gasteiger partial charge in [-0.3, -0.25) is 4.98 Å². The van der Waals surface area contributed by atoms with Crippen molar-refractivity contribution in [3.63, 3.8) is 0 Å². The van der Waals surface area contributed by atoms with Crippen LogP contribution in [0.4, 0.5) is 0 Å². The first kappa shape index (κ1) is 27.4. The highest BCUT2D eigenvalue weighted by Gasteiger charge is 2.53. The highest BCUT2D eigenvalue weighted by Crippen LogP contribution is 2.67. The molecule has 51 heavy (non-hydrogen) atoms. The van der Waals surface area contributed by atoms with Crippen LogP contribution in [0.25, 0.3) is 88.3 Å². The van der Waals surface area contributed by atoms with Crippen LogP contribution >= 0.6 is 0 Å². The first-order valence-electron chi connectivity index (χ1n) is 17.8. The molecule has 0 atom stereocenters. The van der Waals surface area contributed by atoms with Crippen LogP contribution in [0.15, 0.2) is 146 Å². The van der Waals surface area contributed by atoms with Gasteiger partial charge in [-0.25, -0.2) is 4.98 Å². The van der Waals surface area contributed by atoms with Crippen LogP contribution < -0.4 is 0 Å². The number of hydrogen-bond donors (Lipinski definition) is 0. The van der Waals surface area contributed by atoms with Gasteiger partial charge < -0.3 is 0 Å². The Kier molecular flexibility index (Phi) is 5.08. The molecule has 2 heteroatoms. The number of benzene rings is 7. The summed E-state index contributed by atoms with van der Waals surface area (Å²) in [5.74, 6) is 0. The van der Waals surface area contributed by atoms with Crippen LogP contribution in [0.2, 0.25) is 0 Å². The molecule has 2 heterocycles. The third kappa shape index (κ3) is 3.29. The third-order valence-electron chi connectivity index (χ3n) is 11.9. The van der Waals surface area contributed by atoms with Crippen molar-refractivity contribution in [1.29, 1.82) is 0 Å². The molecular formula is C49H30N2. The molecule has 9 aromatic rings. The quantitative estimate of drug-likeness (QED) is 0.166. The van der Waals surface area contributed by atoms with Crippen LogP contribution in [0.1, 0.15) is 33.4 Å². The number of hydrogen-bond acceptors (Lipinski definition) is 2. The summed E-state index contributed by atoms with van der Waals surface area (Å²) in [5.41, 5.74) is 22.0. The lowest BCUT2D eigenvalue weighted by molar-refractivity contribution is 0.792. The summed E-state index contributed by atoms with van der Waals surface area (Å²) in [7, 11) is 0. The summed E-state index contributed by atoms with van der Waals surface area (Å²) >= 11 is 0.